The number of alkyl halides is 2. The summed E-state index contributed by atoms with van der Waals surface area (Å²) in [7, 11) is -3.91. The number of ether oxygens (including phenoxy) is 1. The summed E-state index contributed by atoms with van der Waals surface area (Å²) in [5, 5.41) is 2.62. The molecule has 0 aliphatic carbocycles. The molecule has 10 heteroatoms. The molecule has 4 rings (SSSR count). The van der Waals surface area contributed by atoms with Crippen molar-refractivity contribution in [2.75, 3.05) is 11.4 Å². The Hall–Kier alpha value is -3.01. The van der Waals surface area contributed by atoms with Crippen molar-refractivity contribution in [2.24, 2.45) is 4.40 Å². The number of para-hydroxylation sites is 1. The van der Waals surface area contributed by atoms with E-state index in [1.807, 2.05) is 4.90 Å². The lowest BCUT2D eigenvalue weighted by atomic mass is 10.1. The van der Waals surface area contributed by atoms with Crippen molar-refractivity contribution in [1.82, 2.24) is 5.32 Å². The van der Waals surface area contributed by atoms with E-state index in [-0.39, 0.29) is 22.8 Å². The van der Waals surface area contributed by atoms with Gasteiger partial charge < -0.3 is 15.0 Å². The highest BCUT2D eigenvalue weighted by Crippen LogP contribution is 2.35. The number of carbonyl (C=O) groups excluding carboxylic acids is 1. The molecular weight excluding hydrogens is 428 g/mol. The summed E-state index contributed by atoms with van der Waals surface area (Å²) >= 11 is 0. The Balaban J connectivity index is 1.56. The molecule has 2 aromatic rings. The lowest BCUT2D eigenvalue weighted by Gasteiger charge is -2.29. The molecule has 164 valence electrons. The van der Waals surface area contributed by atoms with Gasteiger partial charge in [0.1, 0.15) is 16.5 Å². The minimum atomic E-state index is -3.91. The number of rotatable bonds is 5. The number of sulfonamides is 1. The second-order valence-corrected chi connectivity index (χ2v) is 8.87. The molecule has 1 N–H and O–H groups in total. The van der Waals surface area contributed by atoms with Crippen LogP contribution in [0.2, 0.25) is 0 Å². The van der Waals surface area contributed by atoms with Crippen LogP contribution < -0.4 is 15.0 Å². The average molecular weight is 449 g/mol. The fourth-order valence-corrected chi connectivity index (χ4v) is 5.04. The van der Waals surface area contributed by atoms with E-state index in [4.69, 9.17) is 0 Å². The first-order valence-electron chi connectivity index (χ1n) is 9.91. The van der Waals surface area contributed by atoms with Crippen molar-refractivity contribution >= 4 is 27.5 Å². The van der Waals surface area contributed by atoms with Crippen molar-refractivity contribution < 1.29 is 26.7 Å². The zero-order chi connectivity index (χ0) is 22.0. The molecule has 0 radical (unpaired) electrons. The third-order valence-corrected chi connectivity index (χ3v) is 6.57. The van der Waals surface area contributed by atoms with Gasteiger partial charge in [0.15, 0.2) is 0 Å². The lowest BCUT2D eigenvalue weighted by molar-refractivity contribution is -0.0504. The first-order chi connectivity index (χ1) is 14.8. The molecule has 2 aliphatic heterocycles. The van der Waals surface area contributed by atoms with Crippen LogP contribution in [0.5, 0.6) is 5.75 Å². The van der Waals surface area contributed by atoms with Crippen LogP contribution in [0.1, 0.15) is 41.6 Å². The topological polar surface area (TPSA) is 88.1 Å². The molecule has 7 nitrogen and oxygen atoms in total. The van der Waals surface area contributed by atoms with E-state index in [1.165, 1.54) is 12.1 Å². The van der Waals surface area contributed by atoms with Gasteiger partial charge in [-0.15, -0.1) is 4.40 Å². The number of anilines is 1. The summed E-state index contributed by atoms with van der Waals surface area (Å²) < 4.78 is 59.0. The van der Waals surface area contributed by atoms with Gasteiger partial charge in [0.2, 0.25) is 0 Å². The fourth-order valence-electron chi connectivity index (χ4n) is 3.76. The molecule has 0 atom stereocenters. The maximum atomic E-state index is 12.7. The molecule has 2 aliphatic rings. The molecule has 2 heterocycles. The van der Waals surface area contributed by atoms with Crippen LogP contribution in [-0.4, -0.2) is 33.3 Å². The molecule has 1 amide bonds. The van der Waals surface area contributed by atoms with E-state index in [0.29, 0.717) is 30.1 Å². The predicted octanol–water partition coefficient (Wildman–Crippen LogP) is 3.70. The van der Waals surface area contributed by atoms with Gasteiger partial charge in [0.05, 0.1) is 5.69 Å². The first-order valence-corrected chi connectivity index (χ1v) is 11.4. The Kier molecular flexibility index (Phi) is 5.90. The number of nitrogens with one attached hydrogen (secondary N) is 1. The number of hydrogen-bond donors (Lipinski definition) is 1. The van der Waals surface area contributed by atoms with E-state index in [9.17, 15) is 22.0 Å². The number of amidine groups is 1. The summed E-state index contributed by atoms with van der Waals surface area (Å²) in [6.45, 7) is -2.36. The normalized spacial score (nSPS) is 17.3. The second kappa shape index (κ2) is 8.62. The lowest BCUT2D eigenvalue weighted by Crippen LogP contribution is -2.35. The Bertz CT molecular complexity index is 1140. The number of halogens is 2. The molecule has 2 aromatic carbocycles. The molecule has 0 spiro atoms. The van der Waals surface area contributed by atoms with Gasteiger partial charge >= 0.3 is 6.61 Å². The van der Waals surface area contributed by atoms with Crippen molar-refractivity contribution in [3.05, 3.63) is 53.6 Å². The van der Waals surface area contributed by atoms with Crippen LogP contribution in [0.25, 0.3) is 0 Å². The number of fused-ring (bicyclic) bond motifs is 3. The van der Waals surface area contributed by atoms with Crippen molar-refractivity contribution in [3.63, 3.8) is 0 Å². The van der Waals surface area contributed by atoms with Crippen LogP contribution in [0.4, 0.5) is 14.5 Å². The maximum Gasteiger partial charge on any atom is 0.387 e. The standard InChI is InChI=1S/C21H21F2N3O4S/c22-21(23)30-17-7-4-3-6-15(17)13-24-20(27)14-9-10-16-18(12-14)31(28,29)25-19-8-2-1-5-11-26(16)19/h3-4,6-7,9-10,12,21H,1-2,5,8,11,13H2,(H,24,27). The molecule has 1 fully saturated rings. The highest BCUT2D eigenvalue weighted by molar-refractivity contribution is 7.90. The minimum Gasteiger partial charge on any atom is -0.434 e. The highest BCUT2D eigenvalue weighted by atomic mass is 32.2. The minimum absolute atomic E-state index is 0.00719. The number of hydrogen-bond acceptors (Lipinski definition) is 5. The van der Waals surface area contributed by atoms with Gasteiger partial charge in [0, 0.05) is 30.6 Å². The monoisotopic (exact) mass is 449 g/mol. The Labute approximate surface area is 178 Å². The summed E-state index contributed by atoms with van der Waals surface area (Å²) in [5.41, 5.74) is 1.04. The Morgan fingerprint density at radius 2 is 1.97 bits per heavy atom. The number of carbonyl (C=O) groups is 1. The Morgan fingerprint density at radius 1 is 1.16 bits per heavy atom. The van der Waals surface area contributed by atoms with Gasteiger partial charge in [0.25, 0.3) is 15.9 Å². The van der Waals surface area contributed by atoms with Crippen LogP contribution in [0.3, 0.4) is 0 Å². The van der Waals surface area contributed by atoms with Crippen LogP contribution >= 0.6 is 0 Å². The number of benzene rings is 2. The largest absolute Gasteiger partial charge is 0.434 e. The van der Waals surface area contributed by atoms with Crippen molar-refractivity contribution in [3.8, 4) is 5.75 Å². The molecule has 0 aromatic heterocycles. The molecule has 0 bridgehead atoms. The predicted molar refractivity (Wildman–Crippen MR) is 111 cm³/mol. The van der Waals surface area contributed by atoms with Gasteiger partial charge in [-0.1, -0.05) is 24.6 Å². The second-order valence-electron chi connectivity index (χ2n) is 7.30. The van der Waals surface area contributed by atoms with Gasteiger partial charge in [-0.25, -0.2) is 0 Å². The van der Waals surface area contributed by atoms with Crippen molar-refractivity contribution in [1.29, 1.82) is 0 Å². The molecular formula is C21H21F2N3O4S. The first kappa shape index (κ1) is 21.2. The smallest absolute Gasteiger partial charge is 0.387 e. The highest BCUT2D eigenvalue weighted by Gasteiger charge is 2.32. The van der Waals surface area contributed by atoms with E-state index in [0.717, 1.165) is 19.3 Å². The molecule has 31 heavy (non-hydrogen) atoms. The molecule has 0 saturated carbocycles. The van der Waals surface area contributed by atoms with E-state index >= 15 is 0 Å². The average Bonchev–Trinajstić information content (AvgIpc) is 2.97. The van der Waals surface area contributed by atoms with Gasteiger partial charge in [-0.2, -0.15) is 17.2 Å². The third kappa shape index (κ3) is 4.53. The summed E-state index contributed by atoms with van der Waals surface area (Å²) in [6.07, 6.45) is 3.42. The molecule has 1 saturated heterocycles. The van der Waals surface area contributed by atoms with E-state index in [2.05, 4.69) is 14.5 Å². The maximum absolute atomic E-state index is 12.7. The number of amides is 1. The van der Waals surface area contributed by atoms with Gasteiger partial charge in [-0.05, 0) is 37.1 Å². The van der Waals surface area contributed by atoms with E-state index in [1.54, 1.807) is 30.3 Å². The van der Waals surface area contributed by atoms with Gasteiger partial charge in [-0.3, -0.25) is 4.79 Å². The summed E-state index contributed by atoms with van der Waals surface area (Å²) in [5.74, 6) is -0.0258. The number of nitrogens with zero attached hydrogens (tertiary/aromatic N) is 2. The zero-order valence-corrected chi connectivity index (χ0v) is 17.4. The van der Waals surface area contributed by atoms with Crippen LogP contribution in [-0.2, 0) is 16.6 Å². The zero-order valence-electron chi connectivity index (χ0n) is 16.6. The van der Waals surface area contributed by atoms with Crippen LogP contribution in [0.15, 0.2) is 51.8 Å². The summed E-state index contributed by atoms with van der Waals surface area (Å²) in [6, 6.07) is 10.6. The third-order valence-electron chi connectivity index (χ3n) is 5.24. The Morgan fingerprint density at radius 3 is 2.77 bits per heavy atom. The van der Waals surface area contributed by atoms with Crippen LogP contribution in [0, 0.1) is 0 Å². The van der Waals surface area contributed by atoms with E-state index < -0.39 is 22.5 Å². The SMILES string of the molecule is O=C(NCc1ccccc1OC(F)F)c1ccc2c(c1)S(=O)(=O)N=C1CCCCCN12. The summed E-state index contributed by atoms with van der Waals surface area (Å²) in [4.78, 5) is 14.5. The molecule has 0 unspecified atom stereocenters. The quantitative estimate of drug-likeness (QED) is 0.752. The fraction of sp³-hybridized carbons (Fsp3) is 0.333. The van der Waals surface area contributed by atoms with Crippen molar-refractivity contribution in [2.45, 2.75) is 43.7 Å².